The van der Waals surface area contributed by atoms with Gasteiger partial charge >= 0.3 is 6.03 Å². The highest BCUT2D eigenvalue weighted by Crippen LogP contribution is 2.20. The summed E-state index contributed by atoms with van der Waals surface area (Å²) in [4.78, 5) is 10.4. The van der Waals surface area contributed by atoms with Gasteiger partial charge < -0.3 is 21.5 Å². The third-order valence-electron chi connectivity index (χ3n) is 2.33. The number of hydrogen-bond acceptors (Lipinski definition) is 3. The van der Waals surface area contributed by atoms with Crippen molar-refractivity contribution in [3.63, 3.8) is 0 Å². The van der Waals surface area contributed by atoms with Crippen molar-refractivity contribution in [3.8, 4) is 5.75 Å². The second kappa shape index (κ2) is 6.05. The van der Waals surface area contributed by atoms with Crippen molar-refractivity contribution in [1.29, 1.82) is 0 Å². The Bertz CT molecular complexity index is 398. The maximum atomic E-state index is 13.4. The van der Waals surface area contributed by atoms with Crippen LogP contribution < -0.4 is 16.4 Å². The number of carbonyl (C=O) groups is 1. The van der Waals surface area contributed by atoms with E-state index in [2.05, 4.69) is 10.6 Å². The number of carbonyl (C=O) groups excluding carboxylic acids is 1. The lowest BCUT2D eigenvalue weighted by Gasteiger charge is -2.15. The van der Waals surface area contributed by atoms with E-state index in [0.717, 1.165) is 6.07 Å². The first-order valence-corrected chi connectivity index (χ1v) is 5.26. The van der Waals surface area contributed by atoms with Crippen LogP contribution in [0.1, 0.15) is 18.5 Å². The summed E-state index contributed by atoms with van der Waals surface area (Å²) in [5.41, 5.74) is 5.36. The Kier molecular flexibility index (Phi) is 4.71. The van der Waals surface area contributed by atoms with Crippen molar-refractivity contribution in [2.24, 2.45) is 5.73 Å². The van der Waals surface area contributed by atoms with E-state index in [1.165, 1.54) is 12.1 Å². The van der Waals surface area contributed by atoms with Gasteiger partial charge in [0, 0.05) is 30.8 Å². The standard InChI is InChI=1S/C11H16FN3O2/c1-7(14-4-5-15-11(13)17)9-3-2-8(16)6-10(9)12/h2-3,6-7,14,16H,4-5H2,1H3,(H3,13,15,17). The molecule has 5 N–H and O–H groups in total. The SMILES string of the molecule is CC(NCCNC(N)=O)c1ccc(O)cc1F. The Labute approximate surface area is 98.8 Å². The molecule has 0 aromatic heterocycles. The number of amides is 2. The van der Waals surface area contributed by atoms with E-state index >= 15 is 0 Å². The van der Waals surface area contributed by atoms with Crippen LogP contribution in [0.3, 0.4) is 0 Å². The molecule has 94 valence electrons. The normalized spacial score (nSPS) is 12.1. The molecule has 1 aromatic rings. The monoisotopic (exact) mass is 241 g/mol. The summed E-state index contributed by atoms with van der Waals surface area (Å²) in [6.07, 6.45) is 0. The summed E-state index contributed by atoms with van der Waals surface area (Å²) >= 11 is 0. The summed E-state index contributed by atoms with van der Waals surface area (Å²) in [6, 6.07) is 3.21. The van der Waals surface area contributed by atoms with Crippen LogP contribution >= 0.6 is 0 Å². The molecule has 0 heterocycles. The minimum atomic E-state index is -0.588. The summed E-state index contributed by atoms with van der Waals surface area (Å²) in [7, 11) is 0. The smallest absolute Gasteiger partial charge is 0.312 e. The molecule has 0 aliphatic rings. The third kappa shape index (κ3) is 4.28. The van der Waals surface area contributed by atoms with Crippen molar-refractivity contribution in [3.05, 3.63) is 29.6 Å². The molecule has 5 nitrogen and oxygen atoms in total. The van der Waals surface area contributed by atoms with Crippen LogP contribution in [0.5, 0.6) is 5.75 Å². The van der Waals surface area contributed by atoms with Gasteiger partial charge in [-0.15, -0.1) is 0 Å². The van der Waals surface area contributed by atoms with Gasteiger partial charge in [0.2, 0.25) is 0 Å². The average Bonchev–Trinajstić information content (AvgIpc) is 2.23. The van der Waals surface area contributed by atoms with Crippen molar-refractivity contribution < 1.29 is 14.3 Å². The number of phenolic OH excluding ortho intramolecular Hbond substituents is 1. The molecule has 1 unspecified atom stereocenters. The average molecular weight is 241 g/mol. The second-order valence-electron chi connectivity index (χ2n) is 3.67. The van der Waals surface area contributed by atoms with E-state index in [0.29, 0.717) is 18.7 Å². The van der Waals surface area contributed by atoms with Crippen LogP contribution in [0.2, 0.25) is 0 Å². The lowest BCUT2D eigenvalue weighted by atomic mass is 10.1. The van der Waals surface area contributed by atoms with Crippen molar-refractivity contribution in [2.75, 3.05) is 13.1 Å². The number of aromatic hydroxyl groups is 1. The van der Waals surface area contributed by atoms with Gasteiger partial charge in [-0.1, -0.05) is 6.07 Å². The van der Waals surface area contributed by atoms with Crippen LogP contribution in [-0.2, 0) is 0 Å². The molecule has 0 radical (unpaired) electrons. The molecule has 0 saturated heterocycles. The molecule has 0 fully saturated rings. The van der Waals surface area contributed by atoms with E-state index in [-0.39, 0.29) is 11.8 Å². The molecule has 2 amide bonds. The zero-order valence-corrected chi connectivity index (χ0v) is 9.53. The lowest BCUT2D eigenvalue weighted by molar-refractivity contribution is 0.249. The summed E-state index contributed by atoms with van der Waals surface area (Å²) < 4.78 is 13.4. The van der Waals surface area contributed by atoms with Gasteiger partial charge in [0.25, 0.3) is 0 Å². The zero-order valence-electron chi connectivity index (χ0n) is 9.53. The molecule has 0 saturated carbocycles. The van der Waals surface area contributed by atoms with E-state index < -0.39 is 11.8 Å². The number of phenols is 1. The number of rotatable bonds is 5. The first-order valence-electron chi connectivity index (χ1n) is 5.26. The number of benzene rings is 1. The van der Waals surface area contributed by atoms with Gasteiger partial charge in [-0.3, -0.25) is 0 Å². The molecular weight excluding hydrogens is 225 g/mol. The Morgan fingerprint density at radius 1 is 1.53 bits per heavy atom. The van der Waals surface area contributed by atoms with Gasteiger partial charge in [0.15, 0.2) is 0 Å². The fraction of sp³-hybridized carbons (Fsp3) is 0.364. The van der Waals surface area contributed by atoms with E-state index in [1.54, 1.807) is 6.92 Å². The number of nitrogens with one attached hydrogen (secondary N) is 2. The second-order valence-corrected chi connectivity index (χ2v) is 3.67. The van der Waals surface area contributed by atoms with Crippen molar-refractivity contribution >= 4 is 6.03 Å². The molecule has 0 aliphatic heterocycles. The van der Waals surface area contributed by atoms with E-state index in [4.69, 9.17) is 10.8 Å². The highest BCUT2D eigenvalue weighted by atomic mass is 19.1. The number of halogens is 1. The molecule has 17 heavy (non-hydrogen) atoms. The highest BCUT2D eigenvalue weighted by molar-refractivity contribution is 5.71. The summed E-state index contributed by atoms with van der Waals surface area (Å²) in [6.45, 7) is 2.64. The first kappa shape index (κ1) is 13.2. The van der Waals surface area contributed by atoms with Crippen molar-refractivity contribution in [2.45, 2.75) is 13.0 Å². The van der Waals surface area contributed by atoms with Gasteiger partial charge in [0.1, 0.15) is 11.6 Å². The molecule has 0 spiro atoms. The maximum absolute atomic E-state index is 13.4. The fourth-order valence-electron chi connectivity index (χ4n) is 1.45. The third-order valence-corrected chi connectivity index (χ3v) is 2.33. The largest absolute Gasteiger partial charge is 0.508 e. The lowest BCUT2D eigenvalue weighted by Crippen LogP contribution is -2.36. The molecule has 1 atom stereocenters. The Hall–Kier alpha value is -1.82. The predicted octanol–water partition coefficient (Wildman–Crippen LogP) is 0.850. The van der Waals surface area contributed by atoms with E-state index in [9.17, 15) is 9.18 Å². The number of hydrogen-bond donors (Lipinski definition) is 4. The van der Waals surface area contributed by atoms with Crippen LogP contribution in [-0.4, -0.2) is 24.2 Å². The topological polar surface area (TPSA) is 87.4 Å². The molecular formula is C11H16FN3O2. The van der Waals surface area contributed by atoms with Crippen LogP contribution in [0.4, 0.5) is 9.18 Å². The zero-order chi connectivity index (χ0) is 12.8. The minimum Gasteiger partial charge on any atom is -0.508 e. The molecule has 1 aromatic carbocycles. The number of nitrogens with two attached hydrogens (primary N) is 1. The molecule has 0 aliphatic carbocycles. The maximum Gasteiger partial charge on any atom is 0.312 e. The molecule has 0 bridgehead atoms. The first-order chi connectivity index (χ1) is 8.00. The fourth-order valence-corrected chi connectivity index (χ4v) is 1.45. The highest BCUT2D eigenvalue weighted by Gasteiger charge is 2.10. The Morgan fingerprint density at radius 2 is 2.24 bits per heavy atom. The van der Waals surface area contributed by atoms with Crippen LogP contribution in [0, 0.1) is 5.82 Å². The van der Waals surface area contributed by atoms with Gasteiger partial charge in [0.05, 0.1) is 0 Å². The molecule has 6 heteroatoms. The molecule has 1 rings (SSSR count). The van der Waals surface area contributed by atoms with Crippen LogP contribution in [0.25, 0.3) is 0 Å². The van der Waals surface area contributed by atoms with Crippen LogP contribution in [0.15, 0.2) is 18.2 Å². The Morgan fingerprint density at radius 3 is 2.82 bits per heavy atom. The summed E-state index contributed by atoms with van der Waals surface area (Å²) in [5.74, 6) is -0.568. The number of urea groups is 1. The summed E-state index contributed by atoms with van der Waals surface area (Å²) in [5, 5.41) is 14.5. The minimum absolute atomic E-state index is 0.103. The Balaban J connectivity index is 2.46. The van der Waals surface area contributed by atoms with Gasteiger partial charge in [-0.2, -0.15) is 0 Å². The van der Waals surface area contributed by atoms with Crippen molar-refractivity contribution in [1.82, 2.24) is 10.6 Å². The van der Waals surface area contributed by atoms with Gasteiger partial charge in [-0.25, -0.2) is 9.18 Å². The quantitative estimate of drug-likeness (QED) is 0.576. The van der Waals surface area contributed by atoms with E-state index in [1.807, 2.05) is 0 Å². The predicted molar refractivity (Wildman–Crippen MR) is 62.1 cm³/mol. The number of primary amides is 1. The van der Waals surface area contributed by atoms with Gasteiger partial charge in [-0.05, 0) is 13.0 Å².